The molecule has 0 atom stereocenters. The summed E-state index contributed by atoms with van der Waals surface area (Å²) in [7, 11) is 0. The number of nitrogens with one attached hydrogen (secondary N) is 1. The molecule has 0 aromatic heterocycles. The van der Waals surface area contributed by atoms with Gasteiger partial charge in [-0.05, 0) is 12.1 Å². The molecule has 5 heteroatoms. The lowest BCUT2D eigenvalue weighted by molar-refractivity contribution is 0.0692. The van der Waals surface area contributed by atoms with Gasteiger partial charge in [0.2, 0.25) is 0 Å². The maximum Gasteiger partial charge on any atom is 0.336 e. The number of halogens is 1. The van der Waals surface area contributed by atoms with Crippen molar-refractivity contribution < 1.29 is 14.7 Å². The molecule has 0 spiro atoms. The molecule has 0 radical (unpaired) electrons. The van der Waals surface area contributed by atoms with Crippen LogP contribution in [0, 0.1) is 0 Å². The average molecular weight is 291 g/mol. The molecule has 13 heavy (non-hydrogen) atoms. The first-order valence-electron chi connectivity index (χ1n) is 3.40. The van der Waals surface area contributed by atoms with Crippen molar-refractivity contribution >= 4 is 34.7 Å². The second-order valence-electron chi connectivity index (χ2n) is 2.27. The SMILES string of the molecule is O=C(O)c1ccccc1C(=O)NI. The van der Waals surface area contributed by atoms with Crippen LogP contribution in [0.4, 0.5) is 0 Å². The van der Waals surface area contributed by atoms with Gasteiger partial charge in [0.15, 0.2) is 0 Å². The Bertz CT molecular complexity index is 351. The maximum atomic E-state index is 11.2. The van der Waals surface area contributed by atoms with Gasteiger partial charge in [-0.2, -0.15) is 0 Å². The van der Waals surface area contributed by atoms with Crippen molar-refractivity contribution in [2.24, 2.45) is 0 Å². The van der Waals surface area contributed by atoms with E-state index in [2.05, 4.69) is 3.53 Å². The van der Waals surface area contributed by atoms with Crippen LogP contribution in [0.25, 0.3) is 0 Å². The Balaban J connectivity index is 3.19. The van der Waals surface area contributed by atoms with Crippen molar-refractivity contribution in [2.75, 3.05) is 0 Å². The van der Waals surface area contributed by atoms with Crippen molar-refractivity contribution in [1.29, 1.82) is 0 Å². The van der Waals surface area contributed by atoms with Crippen LogP contribution in [0.5, 0.6) is 0 Å². The lowest BCUT2D eigenvalue weighted by Crippen LogP contribution is -2.16. The number of benzene rings is 1. The van der Waals surface area contributed by atoms with Gasteiger partial charge < -0.3 is 5.11 Å². The van der Waals surface area contributed by atoms with E-state index in [0.717, 1.165) is 0 Å². The molecule has 4 nitrogen and oxygen atoms in total. The molecule has 1 aromatic carbocycles. The quantitative estimate of drug-likeness (QED) is 0.640. The van der Waals surface area contributed by atoms with Crippen molar-refractivity contribution in [3.05, 3.63) is 35.4 Å². The van der Waals surface area contributed by atoms with E-state index in [1.165, 1.54) is 12.1 Å². The number of hydrogen-bond acceptors (Lipinski definition) is 2. The number of aromatic carboxylic acids is 1. The molecule has 0 heterocycles. The Kier molecular flexibility index (Phi) is 3.24. The van der Waals surface area contributed by atoms with Gasteiger partial charge in [0.1, 0.15) is 0 Å². The topological polar surface area (TPSA) is 66.4 Å². The average Bonchev–Trinajstić information content (AvgIpc) is 2.16. The van der Waals surface area contributed by atoms with Gasteiger partial charge >= 0.3 is 5.97 Å². The summed E-state index contributed by atoms with van der Waals surface area (Å²) in [4.78, 5) is 21.8. The number of hydrogen-bond donors (Lipinski definition) is 2. The Morgan fingerprint density at radius 1 is 1.23 bits per heavy atom. The summed E-state index contributed by atoms with van der Waals surface area (Å²) in [5, 5.41) is 8.73. The van der Waals surface area contributed by atoms with Gasteiger partial charge in [-0.25, -0.2) is 4.79 Å². The van der Waals surface area contributed by atoms with Crippen LogP contribution in [0.3, 0.4) is 0 Å². The van der Waals surface area contributed by atoms with Crippen molar-refractivity contribution in [1.82, 2.24) is 3.53 Å². The summed E-state index contributed by atoms with van der Waals surface area (Å²) >= 11 is 1.66. The summed E-state index contributed by atoms with van der Waals surface area (Å²) in [6.07, 6.45) is 0. The highest BCUT2D eigenvalue weighted by Crippen LogP contribution is 2.08. The van der Waals surface area contributed by atoms with Crippen LogP contribution in [0.2, 0.25) is 0 Å². The van der Waals surface area contributed by atoms with E-state index in [4.69, 9.17) is 5.11 Å². The van der Waals surface area contributed by atoms with Crippen LogP contribution in [0.15, 0.2) is 24.3 Å². The van der Waals surface area contributed by atoms with E-state index in [-0.39, 0.29) is 11.1 Å². The molecule has 1 rings (SSSR count). The molecule has 2 N–H and O–H groups in total. The summed E-state index contributed by atoms with van der Waals surface area (Å²) in [5.41, 5.74) is 0.182. The van der Waals surface area contributed by atoms with E-state index in [9.17, 15) is 9.59 Å². The lowest BCUT2D eigenvalue weighted by Gasteiger charge is -2.01. The zero-order valence-corrected chi connectivity index (χ0v) is 8.61. The number of carboxylic acids is 1. The maximum absolute atomic E-state index is 11.2. The minimum absolute atomic E-state index is 0.0108. The number of rotatable bonds is 2. The van der Waals surface area contributed by atoms with Gasteiger partial charge in [-0.1, -0.05) is 12.1 Å². The molecule has 0 saturated heterocycles. The smallest absolute Gasteiger partial charge is 0.336 e. The zero-order valence-electron chi connectivity index (χ0n) is 6.45. The molecule has 1 aromatic rings. The molecule has 68 valence electrons. The molecular formula is C8H6INO3. The number of carboxylic acid groups (broad SMARTS) is 1. The number of amides is 1. The molecule has 0 saturated carbocycles. The zero-order chi connectivity index (χ0) is 9.84. The Labute approximate surface area is 88.4 Å². The van der Waals surface area contributed by atoms with Crippen LogP contribution >= 0.6 is 22.9 Å². The highest BCUT2D eigenvalue weighted by Gasteiger charge is 2.14. The standard InChI is InChI=1S/C8H6INO3/c9-10-7(11)5-3-1-2-4-6(5)8(12)13/h1-4H,(H,10,11)(H,12,13). The van der Waals surface area contributed by atoms with E-state index < -0.39 is 11.9 Å². The predicted octanol–water partition coefficient (Wildman–Crippen LogP) is 1.46. The summed E-state index contributed by atoms with van der Waals surface area (Å²) in [6, 6.07) is 6.06. The van der Waals surface area contributed by atoms with E-state index >= 15 is 0 Å². The first-order chi connectivity index (χ1) is 6.16. The second kappa shape index (κ2) is 4.22. The second-order valence-corrected chi connectivity index (χ2v) is 2.81. The molecule has 0 bridgehead atoms. The van der Waals surface area contributed by atoms with Crippen molar-refractivity contribution in [2.45, 2.75) is 0 Å². The van der Waals surface area contributed by atoms with Crippen LogP contribution in [-0.2, 0) is 0 Å². The molecule has 1 amide bonds. The third-order valence-corrected chi connectivity index (χ3v) is 1.98. The highest BCUT2D eigenvalue weighted by molar-refractivity contribution is 14.1. The fraction of sp³-hybridized carbons (Fsp3) is 0. The van der Waals surface area contributed by atoms with Crippen LogP contribution in [-0.4, -0.2) is 17.0 Å². The molecule has 0 aliphatic heterocycles. The molecule has 0 aliphatic rings. The van der Waals surface area contributed by atoms with Gasteiger partial charge in [-0.3, -0.25) is 8.32 Å². The van der Waals surface area contributed by atoms with Gasteiger partial charge in [0.25, 0.3) is 5.91 Å². The largest absolute Gasteiger partial charge is 0.478 e. The van der Waals surface area contributed by atoms with E-state index in [1.807, 2.05) is 0 Å². The number of carbonyl (C=O) groups is 2. The summed E-state index contributed by atoms with van der Waals surface area (Å²) < 4.78 is 2.34. The first-order valence-corrected chi connectivity index (χ1v) is 4.48. The monoisotopic (exact) mass is 291 g/mol. The fourth-order valence-corrected chi connectivity index (χ4v) is 1.21. The first kappa shape index (κ1) is 9.97. The summed E-state index contributed by atoms with van der Waals surface area (Å²) in [6.45, 7) is 0. The minimum atomic E-state index is -1.10. The lowest BCUT2D eigenvalue weighted by atomic mass is 10.1. The third kappa shape index (κ3) is 2.18. The normalized spacial score (nSPS) is 9.31. The van der Waals surface area contributed by atoms with Gasteiger partial charge in [0, 0.05) is 0 Å². The fourth-order valence-electron chi connectivity index (χ4n) is 0.919. The van der Waals surface area contributed by atoms with Crippen LogP contribution < -0.4 is 3.53 Å². The predicted molar refractivity (Wildman–Crippen MR) is 54.9 cm³/mol. The van der Waals surface area contributed by atoms with Crippen LogP contribution in [0.1, 0.15) is 20.7 Å². The van der Waals surface area contributed by atoms with E-state index in [1.54, 1.807) is 35.0 Å². The highest BCUT2D eigenvalue weighted by atomic mass is 127. The molecule has 0 aliphatic carbocycles. The van der Waals surface area contributed by atoms with Gasteiger partial charge in [0.05, 0.1) is 34.0 Å². The molecule has 0 fully saturated rings. The minimum Gasteiger partial charge on any atom is -0.478 e. The molecular weight excluding hydrogens is 285 g/mol. The molecule has 0 unspecified atom stereocenters. The Morgan fingerprint density at radius 3 is 2.23 bits per heavy atom. The Morgan fingerprint density at radius 2 is 1.77 bits per heavy atom. The Hall–Kier alpha value is -1.11. The van der Waals surface area contributed by atoms with E-state index in [0.29, 0.717) is 0 Å². The van der Waals surface area contributed by atoms with Crippen molar-refractivity contribution in [3.63, 3.8) is 0 Å². The third-order valence-electron chi connectivity index (χ3n) is 1.49. The summed E-state index contributed by atoms with van der Waals surface area (Å²) in [5.74, 6) is -1.51. The van der Waals surface area contributed by atoms with Crippen molar-refractivity contribution in [3.8, 4) is 0 Å². The van der Waals surface area contributed by atoms with Gasteiger partial charge in [-0.15, -0.1) is 0 Å². The number of carbonyl (C=O) groups excluding carboxylic acids is 1.